The van der Waals surface area contributed by atoms with Gasteiger partial charge in [0, 0.05) is 22.4 Å². The topological polar surface area (TPSA) is 29.1 Å². The Hall–Kier alpha value is -3.26. The van der Waals surface area contributed by atoms with E-state index in [1.807, 2.05) is 39.0 Å². The van der Waals surface area contributed by atoms with E-state index in [-0.39, 0.29) is 17.7 Å². The Morgan fingerprint density at radius 3 is 2.44 bits per heavy atom. The number of carbonyl (C=O) groups excluding carboxylic acids is 1. The molecule has 0 heterocycles. The van der Waals surface area contributed by atoms with Gasteiger partial charge in [0.05, 0.1) is 5.56 Å². The molecular weight excluding hydrogens is 411 g/mol. The van der Waals surface area contributed by atoms with Crippen LogP contribution in [0.5, 0.6) is 0 Å². The molecular formula is C27H28F3NO. The average molecular weight is 440 g/mol. The van der Waals surface area contributed by atoms with Gasteiger partial charge in [0.25, 0.3) is 5.91 Å². The average Bonchev–Trinajstić information content (AvgIpc) is 2.75. The Morgan fingerprint density at radius 2 is 1.81 bits per heavy atom. The first kappa shape index (κ1) is 25.0. The van der Waals surface area contributed by atoms with E-state index in [0.29, 0.717) is 11.1 Å². The van der Waals surface area contributed by atoms with E-state index in [9.17, 15) is 18.0 Å². The number of aryl methyl sites for hydroxylation is 2. The van der Waals surface area contributed by atoms with Gasteiger partial charge in [0.15, 0.2) is 0 Å². The zero-order chi connectivity index (χ0) is 23.7. The molecule has 168 valence electrons. The van der Waals surface area contributed by atoms with Gasteiger partial charge in [-0.15, -0.1) is 0 Å². The quantitative estimate of drug-likeness (QED) is 0.367. The van der Waals surface area contributed by atoms with Crippen molar-refractivity contribution in [2.75, 3.05) is 5.32 Å². The molecule has 0 spiro atoms. The third kappa shape index (κ3) is 6.88. The molecule has 0 aliphatic rings. The number of hydrogen-bond acceptors (Lipinski definition) is 1. The number of hydrogen-bond donors (Lipinski definition) is 1. The normalized spacial score (nSPS) is 11.9. The molecule has 32 heavy (non-hydrogen) atoms. The van der Waals surface area contributed by atoms with E-state index in [4.69, 9.17) is 0 Å². The zero-order valence-corrected chi connectivity index (χ0v) is 18.9. The van der Waals surface area contributed by atoms with Gasteiger partial charge >= 0.3 is 6.18 Å². The number of allylic oxidation sites excluding steroid dienone is 4. The molecule has 0 saturated heterocycles. The fourth-order valence-corrected chi connectivity index (χ4v) is 3.09. The molecule has 0 radical (unpaired) electrons. The lowest BCUT2D eigenvalue weighted by Crippen LogP contribution is -2.14. The van der Waals surface area contributed by atoms with Gasteiger partial charge in [-0.25, -0.2) is 0 Å². The maximum absolute atomic E-state index is 13.3. The van der Waals surface area contributed by atoms with Crippen LogP contribution in [0.15, 0.2) is 60.2 Å². The Balaban J connectivity index is 2.31. The molecule has 0 aromatic heterocycles. The molecule has 0 fully saturated rings. The van der Waals surface area contributed by atoms with E-state index < -0.39 is 17.6 Å². The number of benzene rings is 2. The first-order chi connectivity index (χ1) is 15.2. The van der Waals surface area contributed by atoms with Crippen LogP contribution in [0.25, 0.3) is 0 Å². The molecule has 2 aromatic rings. The molecule has 2 nitrogen and oxygen atoms in total. The van der Waals surface area contributed by atoms with Crippen molar-refractivity contribution in [2.45, 2.75) is 53.1 Å². The van der Waals surface area contributed by atoms with Gasteiger partial charge in [0.2, 0.25) is 0 Å². The molecule has 0 aliphatic heterocycles. The van der Waals surface area contributed by atoms with Crippen LogP contribution in [-0.4, -0.2) is 5.91 Å². The molecule has 1 amide bonds. The van der Waals surface area contributed by atoms with Crippen molar-refractivity contribution in [3.8, 4) is 11.8 Å². The Bertz CT molecular complexity index is 1080. The fraction of sp³-hybridized carbons (Fsp3) is 0.296. The van der Waals surface area contributed by atoms with Gasteiger partial charge in [0.1, 0.15) is 0 Å². The van der Waals surface area contributed by atoms with E-state index in [1.54, 1.807) is 25.1 Å². The molecule has 0 bridgehead atoms. The maximum Gasteiger partial charge on any atom is 0.416 e. The third-order valence-electron chi connectivity index (χ3n) is 4.85. The highest BCUT2D eigenvalue weighted by atomic mass is 19.4. The number of anilines is 1. The minimum atomic E-state index is -4.48. The number of halogens is 3. The Morgan fingerprint density at radius 1 is 1.06 bits per heavy atom. The van der Waals surface area contributed by atoms with Crippen LogP contribution in [0.2, 0.25) is 0 Å². The summed E-state index contributed by atoms with van der Waals surface area (Å²) >= 11 is 0. The van der Waals surface area contributed by atoms with E-state index >= 15 is 0 Å². The largest absolute Gasteiger partial charge is 0.416 e. The summed E-state index contributed by atoms with van der Waals surface area (Å²) in [6.07, 6.45) is 3.58. The van der Waals surface area contributed by atoms with E-state index in [2.05, 4.69) is 17.2 Å². The maximum atomic E-state index is 13.3. The summed E-state index contributed by atoms with van der Waals surface area (Å²) in [7, 11) is 0. The van der Waals surface area contributed by atoms with Crippen LogP contribution in [-0.2, 0) is 12.6 Å². The summed E-state index contributed by atoms with van der Waals surface area (Å²) in [6.45, 7) is 7.65. The first-order valence-corrected chi connectivity index (χ1v) is 10.7. The molecule has 0 unspecified atom stereocenters. The molecule has 0 aliphatic carbocycles. The number of amides is 1. The van der Waals surface area contributed by atoms with Crippen molar-refractivity contribution in [3.05, 3.63) is 88.0 Å². The van der Waals surface area contributed by atoms with E-state index in [0.717, 1.165) is 30.0 Å². The highest BCUT2D eigenvalue weighted by Crippen LogP contribution is 2.34. The van der Waals surface area contributed by atoms with Crippen LogP contribution < -0.4 is 5.32 Å². The lowest BCUT2D eigenvalue weighted by molar-refractivity contribution is -0.138. The standard InChI is InChI=1S/C27H28F3NO/c1-5-8-10-20(9-6-2)12-14-22-17-23(13-11-19(22)4)26(32)31-24-16-15-21(7-3)25(18-24)27(28,29)30/h8-11,13,15-18H,5-7H2,1-4H3,(H,31,32)/b10-8+,20-9+. The molecule has 2 rings (SSSR count). The van der Waals surface area contributed by atoms with Crippen LogP contribution in [0.4, 0.5) is 18.9 Å². The second-order valence-electron chi connectivity index (χ2n) is 7.34. The minimum absolute atomic E-state index is 0.102. The van der Waals surface area contributed by atoms with Crippen molar-refractivity contribution in [2.24, 2.45) is 0 Å². The monoisotopic (exact) mass is 439 g/mol. The Labute approximate surface area is 188 Å². The van der Waals surface area contributed by atoms with E-state index in [1.165, 1.54) is 12.1 Å². The Kier molecular flexibility index (Phi) is 8.90. The predicted octanol–water partition coefficient (Wildman–Crippen LogP) is 7.48. The lowest BCUT2D eigenvalue weighted by Gasteiger charge is -2.14. The molecule has 1 N–H and O–H groups in total. The number of alkyl halides is 3. The van der Waals surface area contributed by atoms with Crippen molar-refractivity contribution in [3.63, 3.8) is 0 Å². The van der Waals surface area contributed by atoms with Crippen molar-refractivity contribution in [1.82, 2.24) is 0 Å². The minimum Gasteiger partial charge on any atom is -0.322 e. The van der Waals surface area contributed by atoms with Crippen LogP contribution in [0.3, 0.4) is 0 Å². The highest BCUT2D eigenvalue weighted by Gasteiger charge is 2.33. The summed E-state index contributed by atoms with van der Waals surface area (Å²) < 4.78 is 40.0. The summed E-state index contributed by atoms with van der Waals surface area (Å²) in [5.41, 5.74) is 2.40. The summed E-state index contributed by atoms with van der Waals surface area (Å²) in [4.78, 5) is 12.7. The molecule has 5 heteroatoms. The van der Waals surface area contributed by atoms with Crippen molar-refractivity contribution in [1.29, 1.82) is 0 Å². The van der Waals surface area contributed by atoms with Crippen LogP contribution >= 0.6 is 0 Å². The van der Waals surface area contributed by atoms with Crippen molar-refractivity contribution >= 4 is 11.6 Å². The van der Waals surface area contributed by atoms with Gasteiger partial charge in [-0.05, 0) is 61.6 Å². The predicted molar refractivity (Wildman–Crippen MR) is 125 cm³/mol. The third-order valence-corrected chi connectivity index (χ3v) is 4.85. The second kappa shape index (κ2) is 11.4. The second-order valence-corrected chi connectivity index (χ2v) is 7.34. The summed E-state index contributed by atoms with van der Waals surface area (Å²) in [6, 6.07) is 8.95. The number of nitrogens with one attached hydrogen (secondary N) is 1. The molecule has 2 aromatic carbocycles. The lowest BCUT2D eigenvalue weighted by atomic mass is 10.0. The number of carbonyl (C=O) groups is 1. The SMILES string of the molecule is CC/C=C/C(C#Cc1cc(C(=O)Nc2ccc(CC)c(C(F)(F)F)c2)ccc1C)=C\CC. The highest BCUT2D eigenvalue weighted by molar-refractivity contribution is 6.04. The van der Waals surface area contributed by atoms with Crippen molar-refractivity contribution < 1.29 is 18.0 Å². The summed E-state index contributed by atoms with van der Waals surface area (Å²) in [5, 5.41) is 2.57. The van der Waals surface area contributed by atoms with Gasteiger partial charge in [-0.1, -0.05) is 63.0 Å². The zero-order valence-electron chi connectivity index (χ0n) is 18.9. The van der Waals surface area contributed by atoms with Gasteiger partial charge < -0.3 is 5.32 Å². The van der Waals surface area contributed by atoms with Crippen LogP contribution in [0, 0.1) is 18.8 Å². The van der Waals surface area contributed by atoms with Gasteiger partial charge in [-0.2, -0.15) is 13.2 Å². The molecule has 0 saturated carbocycles. The smallest absolute Gasteiger partial charge is 0.322 e. The molecule has 0 atom stereocenters. The fourth-order valence-electron chi connectivity index (χ4n) is 3.09. The number of rotatable bonds is 6. The first-order valence-electron chi connectivity index (χ1n) is 10.7. The van der Waals surface area contributed by atoms with Gasteiger partial charge in [-0.3, -0.25) is 4.79 Å². The summed E-state index contributed by atoms with van der Waals surface area (Å²) in [5.74, 6) is 5.76. The van der Waals surface area contributed by atoms with Crippen LogP contribution in [0.1, 0.15) is 66.2 Å².